The first-order valence-electron chi connectivity index (χ1n) is 17.3. The summed E-state index contributed by atoms with van der Waals surface area (Å²) in [5.74, 6) is 2.80. The minimum absolute atomic E-state index is 0.234. The highest BCUT2D eigenvalue weighted by Crippen LogP contribution is 2.65. The predicted molar refractivity (Wildman–Crippen MR) is 187 cm³/mol. The van der Waals surface area contributed by atoms with Crippen LogP contribution in [0.4, 0.5) is 5.95 Å². The minimum Gasteiger partial charge on any atom is -0.477 e. The lowest BCUT2D eigenvalue weighted by Gasteiger charge is -2.62. The molecule has 1 aliphatic heterocycles. The molecule has 0 amide bonds. The molecule has 7 heteroatoms. The number of nitrogens with one attached hydrogen (secondary N) is 1. The Labute approximate surface area is 278 Å². The lowest BCUT2D eigenvalue weighted by Crippen LogP contribution is -2.55. The van der Waals surface area contributed by atoms with Crippen LogP contribution < -0.4 is 9.46 Å². The number of fused-ring (bicyclic) bond motifs is 4. The normalized spacial score (nSPS) is 28.3. The molecule has 3 aromatic rings. The summed E-state index contributed by atoms with van der Waals surface area (Å²) in [6.07, 6.45) is 9.07. The molecule has 2 unspecified atom stereocenters. The van der Waals surface area contributed by atoms with E-state index in [2.05, 4.69) is 69.7 Å². The summed E-state index contributed by atoms with van der Waals surface area (Å²) in [7, 11) is -1.51. The van der Waals surface area contributed by atoms with E-state index in [0.717, 1.165) is 65.8 Å². The number of rotatable bonds is 5. The van der Waals surface area contributed by atoms with E-state index in [9.17, 15) is 9.32 Å². The van der Waals surface area contributed by atoms with Crippen LogP contribution in [-0.2, 0) is 17.4 Å². The van der Waals surface area contributed by atoms with Crippen molar-refractivity contribution in [1.29, 1.82) is 0 Å². The number of aromatic nitrogens is 2. The molecule has 2 aliphatic carbocycles. The van der Waals surface area contributed by atoms with Crippen molar-refractivity contribution in [1.82, 2.24) is 9.97 Å². The van der Waals surface area contributed by atoms with Gasteiger partial charge in [-0.3, -0.25) is 4.72 Å². The standard InChI is InChI=1S/C39H53N3O3S/c1-25-10-8-11-26(2)35(25)33-19-34-41-36(40-33)42-46(44)31-13-9-12-27(18-31)14-15-32(28(24-45-34)16-17-37(3,4)5)29-20-39(21-29)22-30(23-39)38(6,7)43/h8-13,18-19,28-30,32,43H,14-17,20-24H2,1-7H3,(H,40,41,42)/t28-,29?,30?,32?,39?,46?/m1/s1. The first-order chi connectivity index (χ1) is 21.7. The minimum atomic E-state index is -1.51. The van der Waals surface area contributed by atoms with Gasteiger partial charge in [0.25, 0.3) is 0 Å². The Morgan fingerprint density at radius 2 is 1.67 bits per heavy atom. The van der Waals surface area contributed by atoms with E-state index in [4.69, 9.17) is 14.7 Å². The molecule has 3 atom stereocenters. The fourth-order valence-corrected chi connectivity index (χ4v) is 9.28. The van der Waals surface area contributed by atoms with Crippen LogP contribution in [0.2, 0.25) is 0 Å². The van der Waals surface area contributed by atoms with E-state index < -0.39 is 16.6 Å². The second-order valence-electron chi connectivity index (χ2n) is 16.5. The highest BCUT2D eigenvalue weighted by atomic mass is 32.2. The lowest BCUT2D eigenvalue weighted by atomic mass is 9.43. The number of anilines is 1. The number of hydrogen-bond donors (Lipinski definition) is 2. The Morgan fingerprint density at radius 3 is 2.35 bits per heavy atom. The van der Waals surface area contributed by atoms with Gasteiger partial charge < -0.3 is 9.84 Å². The summed E-state index contributed by atoms with van der Waals surface area (Å²) >= 11 is 0. The molecular formula is C39H53N3O3S. The van der Waals surface area contributed by atoms with E-state index in [-0.39, 0.29) is 5.41 Å². The van der Waals surface area contributed by atoms with Gasteiger partial charge in [-0.05, 0) is 142 Å². The second kappa shape index (κ2) is 12.7. The second-order valence-corrected chi connectivity index (χ2v) is 17.7. The van der Waals surface area contributed by atoms with Gasteiger partial charge in [0.2, 0.25) is 11.8 Å². The molecule has 248 valence electrons. The van der Waals surface area contributed by atoms with Gasteiger partial charge in [0, 0.05) is 11.6 Å². The van der Waals surface area contributed by atoms with Gasteiger partial charge in [0.1, 0.15) is 0 Å². The van der Waals surface area contributed by atoms with Gasteiger partial charge in [-0.15, -0.1) is 0 Å². The van der Waals surface area contributed by atoms with Gasteiger partial charge in [-0.1, -0.05) is 51.1 Å². The summed E-state index contributed by atoms with van der Waals surface area (Å²) in [5.41, 5.74) is 5.36. The van der Waals surface area contributed by atoms with Crippen molar-refractivity contribution >= 4 is 16.9 Å². The Kier molecular flexibility index (Phi) is 9.14. The maximum atomic E-state index is 13.6. The Hall–Kier alpha value is -2.77. The molecule has 2 heterocycles. The van der Waals surface area contributed by atoms with Crippen molar-refractivity contribution in [3.8, 4) is 17.1 Å². The molecule has 2 saturated carbocycles. The third kappa shape index (κ3) is 7.36. The van der Waals surface area contributed by atoms with Crippen molar-refractivity contribution in [2.45, 2.75) is 110 Å². The van der Waals surface area contributed by atoms with Crippen LogP contribution in [-0.4, -0.2) is 31.5 Å². The largest absolute Gasteiger partial charge is 0.477 e. The third-order valence-corrected chi connectivity index (χ3v) is 12.2. The van der Waals surface area contributed by atoms with Crippen LogP contribution in [0.3, 0.4) is 0 Å². The van der Waals surface area contributed by atoms with Crippen LogP contribution in [0, 0.1) is 48.3 Å². The Bertz CT molecular complexity index is 1560. The van der Waals surface area contributed by atoms with Gasteiger partial charge >= 0.3 is 0 Å². The molecule has 2 aromatic carbocycles. The number of aryl methyl sites for hydroxylation is 3. The zero-order valence-electron chi connectivity index (χ0n) is 28.9. The molecule has 3 aliphatic rings. The van der Waals surface area contributed by atoms with E-state index in [1.54, 1.807) is 0 Å². The first kappa shape index (κ1) is 33.1. The first-order valence-corrected chi connectivity index (χ1v) is 18.4. The molecule has 46 heavy (non-hydrogen) atoms. The third-order valence-electron chi connectivity index (χ3n) is 11.2. The number of hydrogen-bond acceptors (Lipinski definition) is 5. The summed E-state index contributed by atoms with van der Waals surface area (Å²) in [4.78, 5) is 10.3. The average Bonchev–Trinajstić information content (AvgIpc) is 2.92. The van der Waals surface area contributed by atoms with Crippen molar-refractivity contribution in [2.24, 2.45) is 34.5 Å². The van der Waals surface area contributed by atoms with Gasteiger partial charge in [-0.2, -0.15) is 4.98 Å². The predicted octanol–water partition coefficient (Wildman–Crippen LogP) is 8.86. The zero-order valence-corrected chi connectivity index (χ0v) is 29.7. The smallest absolute Gasteiger partial charge is 0.238 e. The molecule has 0 radical (unpaired) electrons. The van der Waals surface area contributed by atoms with Crippen LogP contribution in [0.1, 0.15) is 96.3 Å². The van der Waals surface area contributed by atoms with Gasteiger partial charge in [0.05, 0.1) is 22.8 Å². The molecular weight excluding hydrogens is 591 g/mol. The Balaban J connectivity index is 1.35. The monoisotopic (exact) mass is 643 g/mol. The lowest BCUT2D eigenvalue weighted by molar-refractivity contribution is -0.154. The van der Waals surface area contributed by atoms with Crippen molar-refractivity contribution in [3.05, 3.63) is 65.2 Å². The van der Waals surface area contributed by atoms with Gasteiger partial charge in [-0.25, -0.2) is 9.19 Å². The SMILES string of the molecule is Cc1cccc(C)c1-c1cc2nc(n1)NS(=O)c1cccc(c1)CCC(C1CC3(C1)CC(C(C)(C)O)C3)[C@H](CCC(C)(C)C)CO2. The summed E-state index contributed by atoms with van der Waals surface area (Å²) in [6.45, 7) is 15.7. The molecule has 2 N–H and O–H groups in total. The van der Waals surface area contributed by atoms with Gasteiger partial charge in [0.15, 0.2) is 11.0 Å². The number of benzene rings is 2. The molecule has 4 bridgehead atoms. The fraction of sp³-hybridized carbons (Fsp3) is 0.590. The summed E-state index contributed by atoms with van der Waals surface area (Å²) in [5, 5.41) is 10.6. The maximum Gasteiger partial charge on any atom is 0.238 e. The van der Waals surface area contributed by atoms with E-state index in [1.165, 1.54) is 18.4 Å². The summed E-state index contributed by atoms with van der Waals surface area (Å²) in [6, 6.07) is 16.4. The highest BCUT2D eigenvalue weighted by Gasteiger charge is 2.57. The zero-order chi connectivity index (χ0) is 32.9. The topological polar surface area (TPSA) is 84.3 Å². The van der Waals surface area contributed by atoms with E-state index in [1.807, 2.05) is 32.0 Å². The fourth-order valence-electron chi connectivity index (χ4n) is 8.44. The van der Waals surface area contributed by atoms with Crippen LogP contribution in [0.15, 0.2) is 53.4 Å². The summed E-state index contributed by atoms with van der Waals surface area (Å²) < 4.78 is 23.3. The van der Waals surface area contributed by atoms with E-state index in [0.29, 0.717) is 47.5 Å². The van der Waals surface area contributed by atoms with Crippen molar-refractivity contribution < 1.29 is 14.1 Å². The van der Waals surface area contributed by atoms with Crippen molar-refractivity contribution in [2.75, 3.05) is 11.3 Å². The number of ether oxygens (including phenoxy) is 1. The maximum absolute atomic E-state index is 13.6. The molecule has 6 rings (SSSR count). The highest BCUT2D eigenvalue weighted by molar-refractivity contribution is 7.86. The molecule has 0 saturated heterocycles. The number of nitrogens with zero attached hydrogens (tertiary/aromatic N) is 2. The molecule has 1 aromatic heterocycles. The van der Waals surface area contributed by atoms with E-state index >= 15 is 0 Å². The Morgan fingerprint density at radius 1 is 0.978 bits per heavy atom. The quantitative estimate of drug-likeness (QED) is 0.290. The molecule has 2 fully saturated rings. The van der Waals surface area contributed by atoms with Crippen molar-refractivity contribution in [3.63, 3.8) is 0 Å². The van der Waals surface area contributed by atoms with Crippen LogP contribution in [0.25, 0.3) is 11.3 Å². The van der Waals surface area contributed by atoms with Crippen LogP contribution in [0.5, 0.6) is 5.88 Å². The number of aliphatic hydroxyl groups is 1. The molecule has 6 nitrogen and oxygen atoms in total. The average molecular weight is 644 g/mol. The molecule has 1 spiro atoms. The van der Waals surface area contributed by atoms with Crippen LogP contribution >= 0.6 is 0 Å².